The molecule has 0 saturated heterocycles. The summed E-state index contributed by atoms with van der Waals surface area (Å²) in [5.41, 5.74) is 2.91. The van der Waals surface area contributed by atoms with Crippen molar-refractivity contribution in [1.82, 2.24) is 5.32 Å². The zero-order valence-corrected chi connectivity index (χ0v) is 12.4. The first-order valence-electron chi connectivity index (χ1n) is 7.28. The molecule has 0 atom stereocenters. The van der Waals surface area contributed by atoms with E-state index in [0.717, 1.165) is 30.9 Å². The second-order valence-corrected chi connectivity index (χ2v) is 5.63. The van der Waals surface area contributed by atoms with Crippen LogP contribution in [-0.2, 0) is 6.42 Å². The average molecular weight is 262 g/mol. The molecular formula is C16H26N2O. The number of nitrogens with one attached hydrogen (secondary N) is 2. The van der Waals surface area contributed by atoms with Crippen molar-refractivity contribution in [2.45, 2.75) is 32.6 Å². The molecule has 106 valence electrons. The summed E-state index contributed by atoms with van der Waals surface area (Å²) in [5, 5.41) is 6.93. The van der Waals surface area contributed by atoms with Crippen LogP contribution in [0.5, 0.6) is 5.75 Å². The standard InChI is InChI=1S/C16H26N2O/c1-4-13-6-7-15(19-3)14(10-13)18-12-16(11-17-2)8-5-9-16/h6-7,10,17-18H,4-5,8-9,11-12H2,1-3H3. The molecule has 19 heavy (non-hydrogen) atoms. The monoisotopic (exact) mass is 262 g/mol. The van der Waals surface area contributed by atoms with Gasteiger partial charge in [0.05, 0.1) is 12.8 Å². The molecule has 1 saturated carbocycles. The highest BCUT2D eigenvalue weighted by Crippen LogP contribution is 2.41. The number of hydrogen-bond acceptors (Lipinski definition) is 3. The van der Waals surface area contributed by atoms with Crippen molar-refractivity contribution >= 4 is 5.69 Å². The Labute approximate surface area is 116 Å². The summed E-state index contributed by atoms with van der Waals surface area (Å²) in [5.74, 6) is 0.941. The highest BCUT2D eigenvalue weighted by atomic mass is 16.5. The fraction of sp³-hybridized carbons (Fsp3) is 0.625. The maximum absolute atomic E-state index is 5.44. The van der Waals surface area contributed by atoms with E-state index in [1.807, 2.05) is 7.05 Å². The van der Waals surface area contributed by atoms with Crippen LogP contribution in [-0.4, -0.2) is 27.2 Å². The molecule has 0 aromatic heterocycles. The minimum Gasteiger partial charge on any atom is -0.495 e. The minimum absolute atomic E-state index is 0.433. The van der Waals surface area contributed by atoms with Crippen molar-refractivity contribution in [3.8, 4) is 5.75 Å². The number of rotatable bonds is 7. The van der Waals surface area contributed by atoms with Crippen LogP contribution in [0.4, 0.5) is 5.69 Å². The molecule has 0 bridgehead atoms. The van der Waals surface area contributed by atoms with E-state index in [1.54, 1.807) is 7.11 Å². The fourth-order valence-corrected chi connectivity index (χ4v) is 2.86. The molecule has 1 fully saturated rings. The molecule has 1 aromatic rings. The third-order valence-corrected chi connectivity index (χ3v) is 4.29. The van der Waals surface area contributed by atoms with Gasteiger partial charge in [0.25, 0.3) is 0 Å². The van der Waals surface area contributed by atoms with Gasteiger partial charge in [0.1, 0.15) is 5.75 Å². The Balaban J connectivity index is 2.05. The zero-order valence-electron chi connectivity index (χ0n) is 12.4. The normalized spacial score (nSPS) is 16.8. The van der Waals surface area contributed by atoms with E-state index in [0.29, 0.717) is 5.41 Å². The third-order valence-electron chi connectivity index (χ3n) is 4.29. The zero-order chi connectivity index (χ0) is 13.7. The lowest BCUT2D eigenvalue weighted by Crippen LogP contribution is -2.44. The summed E-state index contributed by atoms with van der Waals surface area (Å²) in [4.78, 5) is 0. The van der Waals surface area contributed by atoms with Crippen molar-refractivity contribution in [3.05, 3.63) is 23.8 Å². The van der Waals surface area contributed by atoms with Gasteiger partial charge in [-0.1, -0.05) is 19.4 Å². The molecule has 0 radical (unpaired) electrons. The van der Waals surface area contributed by atoms with Gasteiger partial charge in [0.15, 0.2) is 0 Å². The molecule has 0 aliphatic heterocycles. The Morgan fingerprint density at radius 1 is 1.26 bits per heavy atom. The van der Waals surface area contributed by atoms with Crippen molar-refractivity contribution in [2.75, 3.05) is 32.6 Å². The third kappa shape index (κ3) is 3.21. The van der Waals surface area contributed by atoms with Gasteiger partial charge >= 0.3 is 0 Å². The lowest BCUT2D eigenvalue weighted by atomic mass is 9.68. The topological polar surface area (TPSA) is 33.3 Å². The smallest absolute Gasteiger partial charge is 0.141 e. The Kier molecular flexibility index (Phi) is 4.70. The Morgan fingerprint density at radius 3 is 2.58 bits per heavy atom. The number of hydrogen-bond donors (Lipinski definition) is 2. The number of aryl methyl sites for hydroxylation is 1. The van der Waals surface area contributed by atoms with Crippen LogP contribution in [0.1, 0.15) is 31.7 Å². The molecule has 0 amide bonds. The number of benzene rings is 1. The fourth-order valence-electron chi connectivity index (χ4n) is 2.86. The quantitative estimate of drug-likeness (QED) is 0.792. The highest BCUT2D eigenvalue weighted by molar-refractivity contribution is 5.58. The van der Waals surface area contributed by atoms with Crippen molar-refractivity contribution in [2.24, 2.45) is 5.41 Å². The van der Waals surface area contributed by atoms with Crippen LogP contribution in [0.15, 0.2) is 18.2 Å². The summed E-state index contributed by atoms with van der Waals surface area (Å²) in [6, 6.07) is 6.41. The van der Waals surface area contributed by atoms with E-state index in [-0.39, 0.29) is 0 Å². The molecule has 1 aromatic carbocycles. The van der Waals surface area contributed by atoms with Crippen LogP contribution in [0.2, 0.25) is 0 Å². The molecule has 0 heterocycles. The minimum atomic E-state index is 0.433. The highest BCUT2D eigenvalue weighted by Gasteiger charge is 2.36. The molecular weight excluding hydrogens is 236 g/mol. The van der Waals surface area contributed by atoms with Gasteiger partial charge in [0, 0.05) is 18.5 Å². The summed E-state index contributed by atoms with van der Waals surface area (Å²) >= 11 is 0. The number of methoxy groups -OCH3 is 1. The molecule has 3 heteroatoms. The Morgan fingerprint density at radius 2 is 2.05 bits per heavy atom. The van der Waals surface area contributed by atoms with Crippen molar-refractivity contribution in [1.29, 1.82) is 0 Å². The predicted octanol–water partition coefficient (Wildman–Crippen LogP) is 3.06. The summed E-state index contributed by atoms with van der Waals surface area (Å²) < 4.78 is 5.44. The molecule has 1 aliphatic carbocycles. The van der Waals surface area contributed by atoms with Crippen molar-refractivity contribution < 1.29 is 4.74 Å². The van der Waals surface area contributed by atoms with Crippen LogP contribution in [0, 0.1) is 5.41 Å². The molecule has 3 nitrogen and oxygen atoms in total. The number of anilines is 1. The van der Waals surface area contributed by atoms with Gasteiger partial charge in [-0.05, 0) is 44.0 Å². The van der Waals surface area contributed by atoms with Crippen LogP contribution in [0.3, 0.4) is 0 Å². The first-order valence-corrected chi connectivity index (χ1v) is 7.28. The van der Waals surface area contributed by atoms with E-state index in [9.17, 15) is 0 Å². The maximum atomic E-state index is 5.44. The summed E-state index contributed by atoms with van der Waals surface area (Å²) in [6.45, 7) is 4.30. The summed E-state index contributed by atoms with van der Waals surface area (Å²) in [7, 11) is 3.78. The van der Waals surface area contributed by atoms with Gasteiger partial charge in [-0.25, -0.2) is 0 Å². The molecule has 1 aliphatic rings. The summed E-state index contributed by atoms with van der Waals surface area (Å²) in [6.07, 6.45) is 5.04. The first kappa shape index (κ1) is 14.2. The van der Waals surface area contributed by atoms with E-state index in [4.69, 9.17) is 4.74 Å². The van der Waals surface area contributed by atoms with E-state index < -0.39 is 0 Å². The van der Waals surface area contributed by atoms with Gasteiger partial charge in [0.2, 0.25) is 0 Å². The van der Waals surface area contributed by atoms with Crippen LogP contribution < -0.4 is 15.4 Å². The van der Waals surface area contributed by atoms with Crippen molar-refractivity contribution in [3.63, 3.8) is 0 Å². The Bertz CT molecular complexity index is 413. The van der Waals surface area contributed by atoms with E-state index in [2.05, 4.69) is 35.8 Å². The molecule has 2 N–H and O–H groups in total. The van der Waals surface area contributed by atoms with E-state index >= 15 is 0 Å². The lowest BCUT2D eigenvalue weighted by molar-refractivity contribution is 0.151. The SMILES string of the molecule is CCc1ccc(OC)c(NCC2(CNC)CCC2)c1. The largest absolute Gasteiger partial charge is 0.495 e. The van der Waals surface area contributed by atoms with E-state index in [1.165, 1.54) is 24.8 Å². The van der Waals surface area contributed by atoms with Gasteiger partial charge in [-0.15, -0.1) is 0 Å². The van der Waals surface area contributed by atoms with Gasteiger partial charge in [-0.3, -0.25) is 0 Å². The second-order valence-electron chi connectivity index (χ2n) is 5.63. The van der Waals surface area contributed by atoms with Gasteiger partial charge in [-0.2, -0.15) is 0 Å². The molecule has 0 spiro atoms. The van der Waals surface area contributed by atoms with Gasteiger partial charge < -0.3 is 15.4 Å². The van der Waals surface area contributed by atoms with Crippen LogP contribution in [0.25, 0.3) is 0 Å². The number of ether oxygens (including phenoxy) is 1. The Hall–Kier alpha value is -1.22. The second kappa shape index (κ2) is 6.29. The average Bonchev–Trinajstić information content (AvgIpc) is 2.41. The van der Waals surface area contributed by atoms with Crippen LogP contribution >= 0.6 is 0 Å². The molecule has 0 unspecified atom stereocenters. The molecule has 2 rings (SSSR count). The predicted molar refractivity (Wildman–Crippen MR) is 81.1 cm³/mol. The lowest BCUT2D eigenvalue weighted by Gasteiger charge is -2.42. The maximum Gasteiger partial charge on any atom is 0.141 e. The first-order chi connectivity index (χ1) is 9.23.